The molecule has 2 amide bonds. The molecule has 2 rings (SSSR count). The molecule has 0 radical (unpaired) electrons. The van der Waals surface area contributed by atoms with Crippen molar-refractivity contribution in [2.75, 3.05) is 19.7 Å². The van der Waals surface area contributed by atoms with Gasteiger partial charge in [0, 0.05) is 24.7 Å². The molecule has 1 aliphatic rings. The van der Waals surface area contributed by atoms with E-state index < -0.39 is 35.1 Å². The molecule has 1 aliphatic heterocycles. The van der Waals surface area contributed by atoms with E-state index in [0.717, 1.165) is 12.5 Å². The maximum absolute atomic E-state index is 12.6. The van der Waals surface area contributed by atoms with Crippen LogP contribution < -0.4 is 5.32 Å². The smallest absolute Gasteiger partial charge is 0.329 e. The van der Waals surface area contributed by atoms with E-state index in [4.69, 9.17) is 16.3 Å². The first-order chi connectivity index (χ1) is 14.5. The number of ether oxygens (including phenoxy) is 1. The average Bonchev–Trinajstić information content (AvgIpc) is 2.68. The molecule has 3 atom stereocenters. The van der Waals surface area contributed by atoms with Crippen molar-refractivity contribution < 1.29 is 24.0 Å². The molecule has 1 N–H and O–H groups in total. The molecule has 0 aromatic heterocycles. The number of amides is 2. The minimum absolute atomic E-state index is 0.0121. The van der Waals surface area contributed by atoms with Gasteiger partial charge in [-0.3, -0.25) is 19.7 Å². The van der Waals surface area contributed by atoms with Crippen molar-refractivity contribution in [3.05, 3.63) is 38.9 Å². The third kappa shape index (κ3) is 6.65. The van der Waals surface area contributed by atoms with Crippen molar-refractivity contribution in [1.82, 2.24) is 10.2 Å². The highest BCUT2D eigenvalue weighted by Crippen LogP contribution is 2.25. The fourth-order valence-electron chi connectivity index (χ4n) is 3.70. The maximum Gasteiger partial charge on any atom is 0.329 e. The van der Waals surface area contributed by atoms with Crippen LogP contribution in [0.2, 0.25) is 5.02 Å². The van der Waals surface area contributed by atoms with E-state index in [1.54, 1.807) is 18.7 Å². The van der Waals surface area contributed by atoms with Gasteiger partial charge < -0.3 is 15.0 Å². The minimum Gasteiger partial charge on any atom is -0.454 e. The van der Waals surface area contributed by atoms with Gasteiger partial charge in [-0.25, -0.2) is 4.79 Å². The molecule has 3 unspecified atom stereocenters. The number of nitro benzene ring substituents is 1. The van der Waals surface area contributed by atoms with Crippen LogP contribution in [-0.4, -0.2) is 53.3 Å². The van der Waals surface area contributed by atoms with Gasteiger partial charge in [-0.2, -0.15) is 0 Å². The van der Waals surface area contributed by atoms with Crippen molar-refractivity contribution in [3.63, 3.8) is 0 Å². The lowest BCUT2D eigenvalue weighted by molar-refractivity contribution is -0.384. The number of benzene rings is 1. The predicted molar refractivity (Wildman–Crippen MR) is 115 cm³/mol. The third-order valence-electron chi connectivity index (χ3n) is 5.17. The summed E-state index contributed by atoms with van der Waals surface area (Å²) in [5, 5.41) is 13.5. The van der Waals surface area contributed by atoms with Crippen molar-refractivity contribution in [1.29, 1.82) is 0 Å². The predicted octanol–water partition coefficient (Wildman–Crippen LogP) is 3.05. The molecular formula is C21H28ClN3O6. The van der Waals surface area contributed by atoms with Crippen LogP contribution in [0.5, 0.6) is 0 Å². The Morgan fingerprint density at radius 3 is 2.42 bits per heavy atom. The highest BCUT2D eigenvalue weighted by atomic mass is 35.5. The zero-order chi connectivity index (χ0) is 23.3. The van der Waals surface area contributed by atoms with Crippen molar-refractivity contribution in [2.45, 2.75) is 40.2 Å². The van der Waals surface area contributed by atoms with Crippen LogP contribution >= 0.6 is 11.6 Å². The molecule has 1 fully saturated rings. The Hall–Kier alpha value is -2.68. The SMILES string of the molecule is CC1CC(C)CN(C(=O)COC(=O)C(NC(=O)c2ccc(Cl)c([N+](=O)[O-])c2)C(C)C)C1. The molecule has 0 bridgehead atoms. The summed E-state index contributed by atoms with van der Waals surface area (Å²) in [6, 6.07) is 2.60. The number of carbonyl (C=O) groups is 3. The summed E-state index contributed by atoms with van der Waals surface area (Å²) in [5.74, 6) is -1.25. The summed E-state index contributed by atoms with van der Waals surface area (Å²) in [7, 11) is 0. The summed E-state index contributed by atoms with van der Waals surface area (Å²) in [5.41, 5.74) is -0.421. The Balaban J connectivity index is 2.01. The van der Waals surface area contributed by atoms with Gasteiger partial charge in [0.2, 0.25) is 0 Å². The first kappa shape index (κ1) is 24.6. The van der Waals surface area contributed by atoms with Crippen LogP contribution in [0, 0.1) is 27.9 Å². The molecule has 170 valence electrons. The van der Waals surface area contributed by atoms with E-state index in [-0.39, 0.29) is 22.4 Å². The van der Waals surface area contributed by atoms with Crippen molar-refractivity contribution in [2.24, 2.45) is 17.8 Å². The van der Waals surface area contributed by atoms with Crippen LogP contribution in [0.3, 0.4) is 0 Å². The molecule has 1 heterocycles. The number of piperidine rings is 1. The number of carbonyl (C=O) groups excluding carboxylic acids is 3. The monoisotopic (exact) mass is 453 g/mol. The number of esters is 1. The fraction of sp³-hybridized carbons (Fsp3) is 0.571. The number of nitro groups is 1. The molecule has 1 aromatic carbocycles. The van der Waals surface area contributed by atoms with E-state index in [1.807, 2.05) is 0 Å². The topological polar surface area (TPSA) is 119 Å². The van der Waals surface area contributed by atoms with Gasteiger partial charge in [-0.1, -0.05) is 39.3 Å². The quantitative estimate of drug-likeness (QED) is 0.385. The second-order valence-electron chi connectivity index (χ2n) is 8.47. The standard InChI is InChI=1S/C21H28ClN3O6/c1-12(2)19(23-20(27)15-5-6-16(22)17(8-15)25(29)30)21(28)31-11-18(26)24-9-13(3)7-14(4)10-24/h5-6,8,12-14,19H,7,9-11H2,1-4H3,(H,23,27). The highest BCUT2D eigenvalue weighted by Gasteiger charge is 2.30. The second-order valence-corrected chi connectivity index (χ2v) is 8.88. The summed E-state index contributed by atoms with van der Waals surface area (Å²) in [6.07, 6.45) is 1.05. The number of rotatable bonds is 7. The molecule has 0 saturated carbocycles. The van der Waals surface area contributed by atoms with E-state index >= 15 is 0 Å². The van der Waals surface area contributed by atoms with Gasteiger partial charge in [0.15, 0.2) is 6.61 Å². The zero-order valence-corrected chi connectivity index (χ0v) is 18.8. The molecule has 10 heteroatoms. The number of hydrogen-bond acceptors (Lipinski definition) is 6. The highest BCUT2D eigenvalue weighted by molar-refractivity contribution is 6.32. The number of likely N-dealkylation sites (tertiary alicyclic amines) is 1. The van der Waals surface area contributed by atoms with Gasteiger partial charge in [-0.05, 0) is 36.3 Å². The Morgan fingerprint density at radius 1 is 1.26 bits per heavy atom. The Bertz CT molecular complexity index is 850. The summed E-state index contributed by atoms with van der Waals surface area (Å²) in [6.45, 7) is 8.43. The van der Waals surface area contributed by atoms with Crippen LogP contribution in [0.15, 0.2) is 18.2 Å². The lowest BCUT2D eigenvalue weighted by Crippen LogP contribution is -2.47. The zero-order valence-electron chi connectivity index (χ0n) is 18.1. The maximum atomic E-state index is 12.6. The van der Waals surface area contributed by atoms with Crippen molar-refractivity contribution >= 4 is 35.1 Å². The van der Waals surface area contributed by atoms with E-state index in [2.05, 4.69) is 19.2 Å². The van der Waals surface area contributed by atoms with Crippen LogP contribution in [0.1, 0.15) is 44.5 Å². The molecule has 0 aliphatic carbocycles. The van der Waals surface area contributed by atoms with Gasteiger partial charge >= 0.3 is 5.97 Å². The molecule has 31 heavy (non-hydrogen) atoms. The largest absolute Gasteiger partial charge is 0.454 e. The van der Waals surface area contributed by atoms with E-state index in [1.165, 1.54) is 12.1 Å². The third-order valence-corrected chi connectivity index (χ3v) is 5.49. The van der Waals surface area contributed by atoms with Crippen LogP contribution in [0.25, 0.3) is 0 Å². The number of nitrogens with one attached hydrogen (secondary N) is 1. The van der Waals surface area contributed by atoms with E-state index in [9.17, 15) is 24.5 Å². The number of hydrogen-bond donors (Lipinski definition) is 1. The van der Waals surface area contributed by atoms with Gasteiger partial charge in [0.1, 0.15) is 11.1 Å². The Kier molecular flexibility index (Phi) is 8.38. The Morgan fingerprint density at radius 2 is 1.87 bits per heavy atom. The van der Waals surface area contributed by atoms with Gasteiger partial charge in [-0.15, -0.1) is 0 Å². The molecule has 9 nitrogen and oxygen atoms in total. The van der Waals surface area contributed by atoms with Crippen molar-refractivity contribution in [3.8, 4) is 0 Å². The van der Waals surface area contributed by atoms with Gasteiger partial charge in [0.05, 0.1) is 4.92 Å². The summed E-state index contributed by atoms with van der Waals surface area (Å²) >= 11 is 5.77. The molecular weight excluding hydrogens is 426 g/mol. The van der Waals surface area contributed by atoms with Crippen LogP contribution in [-0.2, 0) is 14.3 Å². The Labute approximate surface area is 186 Å². The first-order valence-corrected chi connectivity index (χ1v) is 10.6. The summed E-state index contributed by atoms with van der Waals surface area (Å²) in [4.78, 5) is 49.6. The van der Waals surface area contributed by atoms with Gasteiger partial charge in [0.25, 0.3) is 17.5 Å². The van der Waals surface area contributed by atoms with Crippen LogP contribution in [0.4, 0.5) is 5.69 Å². The second kappa shape index (κ2) is 10.6. The molecule has 1 saturated heterocycles. The van der Waals surface area contributed by atoms with E-state index in [0.29, 0.717) is 24.9 Å². The number of halogens is 1. The molecule has 0 spiro atoms. The average molecular weight is 454 g/mol. The molecule has 1 aromatic rings. The summed E-state index contributed by atoms with van der Waals surface area (Å²) < 4.78 is 5.19. The lowest BCUT2D eigenvalue weighted by atomic mass is 9.92. The first-order valence-electron chi connectivity index (χ1n) is 10.2. The normalized spacial score (nSPS) is 19.6. The lowest BCUT2D eigenvalue weighted by Gasteiger charge is -2.35. The number of nitrogens with zero attached hydrogens (tertiary/aromatic N) is 2. The fourth-order valence-corrected chi connectivity index (χ4v) is 3.88. The minimum atomic E-state index is -1.02.